The Bertz CT molecular complexity index is 432. The third-order valence-electron chi connectivity index (χ3n) is 2.42. The quantitative estimate of drug-likeness (QED) is 0.563. The summed E-state index contributed by atoms with van der Waals surface area (Å²) in [5.74, 6) is 0.651. The van der Waals surface area contributed by atoms with Crippen LogP contribution in [0.2, 0.25) is 0 Å². The Morgan fingerprint density at radius 1 is 1.61 bits per heavy atom. The molecule has 1 aliphatic rings. The highest BCUT2D eigenvalue weighted by Crippen LogP contribution is 2.22. The molecule has 0 aromatic heterocycles. The van der Waals surface area contributed by atoms with Crippen LogP contribution in [0, 0.1) is 0 Å². The van der Waals surface area contributed by atoms with Gasteiger partial charge in [0.1, 0.15) is 17.6 Å². The van der Waals surface area contributed by atoms with Crippen molar-refractivity contribution in [2.75, 3.05) is 13.7 Å². The van der Waals surface area contributed by atoms with E-state index in [1.807, 2.05) is 6.92 Å². The number of carbonyl (C=O) groups is 1. The summed E-state index contributed by atoms with van der Waals surface area (Å²) in [5, 5.41) is 8.93. The van der Waals surface area contributed by atoms with E-state index in [-0.39, 0.29) is 17.0 Å². The Hall–Kier alpha value is -1.91. The lowest BCUT2D eigenvalue weighted by Gasteiger charge is -2.21. The van der Waals surface area contributed by atoms with E-state index in [0.29, 0.717) is 6.61 Å². The summed E-state index contributed by atoms with van der Waals surface area (Å²) in [6.07, 6.45) is 1.96. The van der Waals surface area contributed by atoms with Crippen molar-refractivity contribution < 1.29 is 24.2 Å². The molecule has 0 spiro atoms. The maximum atomic E-state index is 10.9. The number of methoxy groups -OCH3 is 1. The highest BCUT2D eigenvalue weighted by molar-refractivity contribution is 6.39. The van der Waals surface area contributed by atoms with Crippen molar-refractivity contribution in [2.24, 2.45) is 4.99 Å². The second kappa shape index (κ2) is 6.74. The van der Waals surface area contributed by atoms with Gasteiger partial charge in [0.25, 0.3) is 0 Å². The van der Waals surface area contributed by atoms with E-state index in [0.717, 1.165) is 12.8 Å². The molecule has 1 N–H and O–H groups in total. The summed E-state index contributed by atoms with van der Waals surface area (Å²) in [7, 11) is 1.30. The SMILES string of the molecule is CCCCOC1=CN=C(C(=O)O)C(OC)C1=C=O. The first kappa shape index (κ1) is 14.2. The molecule has 6 heteroatoms. The van der Waals surface area contributed by atoms with Crippen molar-refractivity contribution in [2.45, 2.75) is 25.9 Å². The van der Waals surface area contributed by atoms with Gasteiger partial charge in [0.2, 0.25) is 0 Å². The van der Waals surface area contributed by atoms with E-state index in [1.54, 1.807) is 5.94 Å². The maximum Gasteiger partial charge on any atom is 0.353 e. The number of rotatable bonds is 6. The second-order valence-corrected chi connectivity index (χ2v) is 3.65. The lowest BCUT2D eigenvalue weighted by atomic mass is 10.0. The molecule has 0 aromatic carbocycles. The number of aliphatic carboxylic acids is 1. The molecule has 0 aromatic rings. The minimum absolute atomic E-state index is 0.0287. The van der Waals surface area contributed by atoms with Crippen LogP contribution in [0.3, 0.4) is 0 Å². The lowest BCUT2D eigenvalue weighted by Crippen LogP contribution is -2.35. The molecule has 0 amide bonds. The molecule has 0 saturated carbocycles. The molecule has 1 aliphatic heterocycles. The van der Waals surface area contributed by atoms with Gasteiger partial charge in [-0.2, -0.15) is 0 Å². The molecule has 18 heavy (non-hydrogen) atoms. The molecule has 1 atom stereocenters. The number of hydrogen-bond donors (Lipinski definition) is 1. The molecular formula is C12H15NO5. The molecule has 0 radical (unpaired) electrons. The maximum absolute atomic E-state index is 10.9. The van der Waals surface area contributed by atoms with Gasteiger partial charge < -0.3 is 14.6 Å². The first-order valence-corrected chi connectivity index (χ1v) is 5.57. The van der Waals surface area contributed by atoms with Crippen molar-refractivity contribution in [3.05, 3.63) is 17.5 Å². The van der Waals surface area contributed by atoms with Gasteiger partial charge >= 0.3 is 5.97 Å². The number of aliphatic imine (C=N–C) groups is 1. The van der Waals surface area contributed by atoms with Gasteiger partial charge in [-0.25, -0.2) is 14.6 Å². The molecule has 98 valence electrons. The molecule has 0 fully saturated rings. The van der Waals surface area contributed by atoms with Crippen molar-refractivity contribution in [1.29, 1.82) is 0 Å². The topological polar surface area (TPSA) is 85.2 Å². The van der Waals surface area contributed by atoms with E-state index >= 15 is 0 Å². The van der Waals surface area contributed by atoms with Gasteiger partial charge in [-0.1, -0.05) is 13.3 Å². The summed E-state index contributed by atoms with van der Waals surface area (Å²) >= 11 is 0. The highest BCUT2D eigenvalue weighted by atomic mass is 16.5. The Kier molecular flexibility index (Phi) is 5.30. The van der Waals surface area contributed by atoms with Gasteiger partial charge in [-0.05, 0) is 6.42 Å². The fourth-order valence-electron chi connectivity index (χ4n) is 1.47. The van der Waals surface area contributed by atoms with Crippen molar-refractivity contribution in [3.63, 3.8) is 0 Å². The highest BCUT2D eigenvalue weighted by Gasteiger charge is 2.33. The van der Waals surface area contributed by atoms with Crippen LogP contribution in [0.15, 0.2) is 22.5 Å². The van der Waals surface area contributed by atoms with Crippen LogP contribution in [-0.2, 0) is 19.1 Å². The largest absolute Gasteiger partial charge is 0.491 e. The van der Waals surface area contributed by atoms with Gasteiger partial charge in [0.05, 0.1) is 12.8 Å². The summed E-state index contributed by atoms with van der Waals surface area (Å²) < 4.78 is 10.3. The predicted octanol–water partition coefficient (Wildman–Crippen LogP) is 0.957. The normalized spacial score (nSPS) is 18.8. The lowest BCUT2D eigenvalue weighted by molar-refractivity contribution is -0.129. The number of carboxylic acid groups (broad SMARTS) is 1. The summed E-state index contributed by atoms with van der Waals surface area (Å²) in [6, 6.07) is 0. The van der Waals surface area contributed by atoms with Crippen LogP contribution in [0.4, 0.5) is 0 Å². The summed E-state index contributed by atoms with van der Waals surface area (Å²) in [6.45, 7) is 2.44. The van der Waals surface area contributed by atoms with Gasteiger partial charge in [0.15, 0.2) is 11.5 Å². The molecule has 1 rings (SSSR count). The first-order valence-electron chi connectivity index (χ1n) is 5.57. The molecule has 0 bridgehead atoms. The zero-order valence-corrected chi connectivity index (χ0v) is 10.3. The summed E-state index contributed by atoms with van der Waals surface area (Å²) in [4.78, 5) is 25.6. The second-order valence-electron chi connectivity index (χ2n) is 3.65. The van der Waals surface area contributed by atoms with E-state index in [4.69, 9.17) is 14.6 Å². The smallest absolute Gasteiger partial charge is 0.353 e. The average Bonchev–Trinajstić information content (AvgIpc) is 2.37. The number of unbranched alkanes of at least 4 members (excludes halogenated alkanes) is 1. The molecule has 0 aliphatic carbocycles. The van der Waals surface area contributed by atoms with E-state index in [1.165, 1.54) is 13.3 Å². The van der Waals surface area contributed by atoms with Crippen LogP contribution in [0.5, 0.6) is 0 Å². The Labute approximate surface area is 105 Å². The zero-order valence-electron chi connectivity index (χ0n) is 10.3. The minimum Gasteiger partial charge on any atom is -0.491 e. The Morgan fingerprint density at radius 2 is 2.33 bits per heavy atom. The standard InChI is InChI=1S/C12H15NO5/c1-3-4-5-18-9-6-13-10(12(15)16)11(17-2)8(9)7-14/h6,11H,3-5H2,1-2H3,(H,15,16). The van der Waals surface area contributed by atoms with Crippen molar-refractivity contribution in [3.8, 4) is 0 Å². The van der Waals surface area contributed by atoms with E-state index < -0.39 is 12.1 Å². The third kappa shape index (κ3) is 3.06. The Balaban J connectivity index is 2.97. The minimum atomic E-state index is -1.24. The molecule has 6 nitrogen and oxygen atoms in total. The number of carboxylic acids is 1. The van der Waals surface area contributed by atoms with Crippen LogP contribution < -0.4 is 0 Å². The van der Waals surface area contributed by atoms with Crippen LogP contribution in [0.1, 0.15) is 19.8 Å². The number of carbonyl (C=O) groups excluding carboxylic acids is 1. The molecule has 1 unspecified atom stereocenters. The van der Waals surface area contributed by atoms with E-state index in [9.17, 15) is 9.59 Å². The number of nitrogens with zero attached hydrogens (tertiary/aromatic N) is 1. The third-order valence-corrected chi connectivity index (χ3v) is 2.42. The summed E-state index contributed by atoms with van der Waals surface area (Å²) in [5.41, 5.74) is -0.223. The van der Waals surface area contributed by atoms with E-state index in [2.05, 4.69) is 4.99 Å². The molecule has 0 saturated heterocycles. The number of ether oxygens (including phenoxy) is 2. The Morgan fingerprint density at radius 3 is 2.83 bits per heavy atom. The van der Waals surface area contributed by atoms with Gasteiger partial charge in [0, 0.05) is 7.11 Å². The fourth-order valence-corrected chi connectivity index (χ4v) is 1.47. The first-order chi connectivity index (χ1) is 8.65. The predicted molar refractivity (Wildman–Crippen MR) is 64.0 cm³/mol. The molecule has 1 heterocycles. The van der Waals surface area contributed by atoms with Gasteiger partial charge in [-0.3, -0.25) is 0 Å². The van der Waals surface area contributed by atoms with Crippen LogP contribution in [-0.4, -0.2) is 42.5 Å². The van der Waals surface area contributed by atoms with Gasteiger partial charge in [-0.15, -0.1) is 0 Å². The van der Waals surface area contributed by atoms with Crippen molar-refractivity contribution in [1.82, 2.24) is 0 Å². The number of hydrogen-bond acceptors (Lipinski definition) is 5. The average molecular weight is 253 g/mol. The molecular weight excluding hydrogens is 238 g/mol. The monoisotopic (exact) mass is 253 g/mol. The zero-order chi connectivity index (χ0) is 13.5. The van der Waals surface area contributed by atoms with Crippen LogP contribution in [0.25, 0.3) is 0 Å². The van der Waals surface area contributed by atoms with Crippen molar-refractivity contribution >= 4 is 17.6 Å². The fraction of sp³-hybridized carbons (Fsp3) is 0.500. The van der Waals surface area contributed by atoms with Crippen LogP contribution >= 0.6 is 0 Å².